The van der Waals surface area contributed by atoms with Crippen LogP contribution < -0.4 is 0 Å². The van der Waals surface area contributed by atoms with E-state index in [1.165, 1.54) is 0 Å². The minimum Gasteiger partial charge on any atom is -0.360 e. The van der Waals surface area contributed by atoms with Gasteiger partial charge in [-0.25, -0.2) is 0 Å². The molecule has 2 nitrogen and oxygen atoms in total. The zero-order chi connectivity index (χ0) is 10.8. The second kappa shape index (κ2) is 3.80. The molecule has 0 saturated carbocycles. The molecular formula is C12H9ClN2. The summed E-state index contributed by atoms with van der Waals surface area (Å²) in [6.07, 6.45) is 1.84. The predicted octanol–water partition coefficient (Wildman–Crippen LogP) is 3.52. The minimum atomic E-state index is 0.692. The summed E-state index contributed by atoms with van der Waals surface area (Å²) in [6, 6.07) is 9.61. The smallest absolute Gasteiger partial charge is 0.102 e. The molecule has 2 aromatic rings. The Labute approximate surface area is 93.1 Å². The predicted molar refractivity (Wildman–Crippen MR) is 60.7 cm³/mol. The molecule has 1 aromatic heterocycles. The summed E-state index contributed by atoms with van der Waals surface area (Å²) in [5, 5.41) is 9.70. The van der Waals surface area contributed by atoms with E-state index in [4.69, 9.17) is 16.9 Å². The Kier molecular flexibility index (Phi) is 2.49. The molecule has 0 fully saturated rings. The van der Waals surface area contributed by atoms with Gasteiger partial charge in [0.15, 0.2) is 0 Å². The van der Waals surface area contributed by atoms with Gasteiger partial charge in [0.2, 0.25) is 0 Å². The van der Waals surface area contributed by atoms with E-state index in [0.717, 1.165) is 16.8 Å². The first kappa shape index (κ1) is 9.82. The van der Waals surface area contributed by atoms with Gasteiger partial charge in [-0.05, 0) is 30.2 Å². The SMILES string of the molecule is Cc1c[nH]c(-c2ccc(Cl)cc2)c1C#N. The molecule has 74 valence electrons. The van der Waals surface area contributed by atoms with Crippen LogP contribution in [-0.2, 0) is 0 Å². The molecule has 1 N–H and O–H groups in total. The first-order valence-electron chi connectivity index (χ1n) is 4.56. The van der Waals surface area contributed by atoms with Gasteiger partial charge >= 0.3 is 0 Å². The molecule has 1 heterocycles. The lowest BCUT2D eigenvalue weighted by molar-refractivity contribution is 1.38. The number of H-pyrrole nitrogens is 1. The van der Waals surface area contributed by atoms with Crippen molar-refractivity contribution in [1.82, 2.24) is 4.98 Å². The third-order valence-electron chi connectivity index (χ3n) is 2.32. The van der Waals surface area contributed by atoms with Crippen molar-refractivity contribution in [2.24, 2.45) is 0 Å². The molecule has 0 unspecified atom stereocenters. The van der Waals surface area contributed by atoms with Crippen LogP contribution in [0.1, 0.15) is 11.1 Å². The fourth-order valence-corrected chi connectivity index (χ4v) is 1.64. The van der Waals surface area contributed by atoms with E-state index in [9.17, 15) is 0 Å². The average molecular weight is 217 g/mol. The lowest BCUT2D eigenvalue weighted by Crippen LogP contribution is -1.82. The number of halogens is 1. The molecule has 3 heteroatoms. The topological polar surface area (TPSA) is 39.6 Å². The number of aromatic nitrogens is 1. The number of hydrogen-bond acceptors (Lipinski definition) is 1. The Balaban J connectivity index is 2.55. The number of benzene rings is 1. The van der Waals surface area contributed by atoms with Crippen LogP contribution in [0.4, 0.5) is 0 Å². The highest BCUT2D eigenvalue weighted by Gasteiger charge is 2.08. The van der Waals surface area contributed by atoms with E-state index >= 15 is 0 Å². The Morgan fingerprint density at radius 1 is 1.27 bits per heavy atom. The number of rotatable bonds is 1. The second-order valence-corrected chi connectivity index (χ2v) is 3.78. The molecule has 15 heavy (non-hydrogen) atoms. The second-order valence-electron chi connectivity index (χ2n) is 3.34. The molecule has 0 aliphatic rings. The van der Waals surface area contributed by atoms with Crippen LogP contribution in [0.5, 0.6) is 0 Å². The molecule has 0 atom stereocenters. The van der Waals surface area contributed by atoms with Gasteiger partial charge < -0.3 is 4.98 Å². The molecule has 0 radical (unpaired) electrons. The van der Waals surface area contributed by atoms with Gasteiger partial charge in [-0.2, -0.15) is 5.26 Å². The van der Waals surface area contributed by atoms with Crippen LogP contribution in [0.25, 0.3) is 11.3 Å². The van der Waals surface area contributed by atoms with Crippen LogP contribution in [0, 0.1) is 18.3 Å². The summed E-state index contributed by atoms with van der Waals surface area (Å²) in [7, 11) is 0. The number of aromatic amines is 1. The first-order chi connectivity index (χ1) is 7.22. The highest BCUT2D eigenvalue weighted by molar-refractivity contribution is 6.30. The zero-order valence-corrected chi connectivity index (χ0v) is 8.97. The highest BCUT2D eigenvalue weighted by Crippen LogP contribution is 2.25. The molecule has 0 saturated heterocycles. The third kappa shape index (κ3) is 1.74. The van der Waals surface area contributed by atoms with E-state index in [0.29, 0.717) is 10.6 Å². The maximum absolute atomic E-state index is 9.01. The summed E-state index contributed by atoms with van der Waals surface area (Å²) in [4.78, 5) is 3.10. The fourth-order valence-electron chi connectivity index (χ4n) is 1.51. The van der Waals surface area contributed by atoms with Crippen LogP contribution in [0.2, 0.25) is 5.02 Å². The fraction of sp³-hybridized carbons (Fsp3) is 0.0833. The van der Waals surface area contributed by atoms with Crippen molar-refractivity contribution in [2.45, 2.75) is 6.92 Å². The summed E-state index contributed by atoms with van der Waals surface area (Å²) in [5.41, 5.74) is 3.48. The molecule has 0 amide bonds. The maximum atomic E-state index is 9.01. The highest BCUT2D eigenvalue weighted by atomic mass is 35.5. The number of nitriles is 1. The Morgan fingerprint density at radius 3 is 2.53 bits per heavy atom. The number of nitrogens with one attached hydrogen (secondary N) is 1. The van der Waals surface area contributed by atoms with E-state index in [1.54, 1.807) is 0 Å². The molecule has 0 spiro atoms. The van der Waals surface area contributed by atoms with Crippen molar-refractivity contribution in [3.8, 4) is 17.3 Å². The lowest BCUT2D eigenvalue weighted by Gasteiger charge is -1.99. The Hall–Kier alpha value is -1.72. The van der Waals surface area contributed by atoms with Crippen LogP contribution in [0.15, 0.2) is 30.5 Å². The van der Waals surface area contributed by atoms with Crippen molar-refractivity contribution in [2.75, 3.05) is 0 Å². The van der Waals surface area contributed by atoms with E-state index in [1.807, 2.05) is 37.4 Å². The number of hydrogen-bond donors (Lipinski definition) is 1. The average Bonchev–Trinajstić information content (AvgIpc) is 2.61. The zero-order valence-electron chi connectivity index (χ0n) is 8.21. The molecule has 0 aliphatic heterocycles. The minimum absolute atomic E-state index is 0.692. The normalized spacial score (nSPS) is 9.93. The Bertz CT molecular complexity index is 518. The maximum Gasteiger partial charge on any atom is 0.102 e. The van der Waals surface area contributed by atoms with Gasteiger partial charge in [-0.1, -0.05) is 23.7 Å². The Morgan fingerprint density at radius 2 is 1.93 bits per heavy atom. The molecule has 0 aliphatic carbocycles. The molecule has 2 rings (SSSR count). The van der Waals surface area contributed by atoms with Gasteiger partial charge in [-0.3, -0.25) is 0 Å². The summed E-state index contributed by atoms with van der Waals surface area (Å²) < 4.78 is 0. The molecule has 1 aromatic carbocycles. The van der Waals surface area contributed by atoms with Crippen molar-refractivity contribution < 1.29 is 0 Å². The van der Waals surface area contributed by atoms with Crippen LogP contribution in [-0.4, -0.2) is 4.98 Å². The largest absolute Gasteiger partial charge is 0.360 e. The summed E-state index contributed by atoms with van der Waals surface area (Å²) in [6.45, 7) is 1.91. The van der Waals surface area contributed by atoms with Gasteiger partial charge in [-0.15, -0.1) is 0 Å². The molecule has 0 bridgehead atoms. The van der Waals surface area contributed by atoms with E-state index < -0.39 is 0 Å². The van der Waals surface area contributed by atoms with Crippen molar-refractivity contribution in [1.29, 1.82) is 5.26 Å². The molecular weight excluding hydrogens is 208 g/mol. The van der Waals surface area contributed by atoms with Gasteiger partial charge in [0, 0.05) is 11.2 Å². The third-order valence-corrected chi connectivity index (χ3v) is 2.57. The number of aryl methyl sites for hydroxylation is 1. The van der Waals surface area contributed by atoms with Crippen molar-refractivity contribution >= 4 is 11.6 Å². The summed E-state index contributed by atoms with van der Waals surface area (Å²) in [5.74, 6) is 0. The standard InChI is InChI=1S/C12H9ClN2/c1-8-7-15-12(11(8)6-14)9-2-4-10(13)5-3-9/h2-5,7,15H,1H3. The summed E-state index contributed by atoms with van der Waals surface area (Å²) >= 11 is 5.80. The van der Waals surface area contributed by atoms with E-state index in [-0.39, 0.29) is 0 Å². The van der Waals surface area contributed by atoms with Gasteiger partial charge in [0.1, 0.15) is 6.07 Å². The van der Waals surface area contributed by atoms with Gasteiger partial charge in [0.05, 0.1) is 11.3 Å². The van der Waals surface area contributed by atoms with Crippen molar-refractivity contribution in [3.05, 3.63) is 46.6 Å². The van der Waals surface area contributed by atoms with Crippen molar-refractivity contribution in [3.63, 3.8) is 0 Å². The number of nitrogens with zero attached hydrogens (tertiary/aromatic N) is 1. The van der Waals surface area contributed by atoms with Crippen LogP contribution >= 0.6 is 11.6 Å². The van der Waals surface area contributed by atoms with E-state index in [2.05, 4.69) is 11.1 Å². The quantitative estimate of drug-likeness (QED) is 0.779. The van der Waals surface area contributed by atoms with Crippen LogP contribution in [0.3, 0.4) is 0 Å². The monoisotopic (exact) mass is 216 g/mol. The first-order valence-corrected chi connectivity index (χ1v) is 4.94. The van der Waals surface area contributed by atoms with Gasteiger partial charge in [0.25, 0.3) is 0 Å². The lowest BCUT2D eigenvalue weighted by atomic mass is 10.1.